The van der Waals surface area contributed by atoms with Gasteiger partial charge >= 0.3 is 0 Å². The number of phosphoric acid groups is 2. The second-order valence-corrected chi connectivity index (χ2v) is 11.5. The van der Waals surface area contributed by atoms with Crippen LogP contribution in [-0.4, -0.2) is 78.7 Å². The first-order valence-corrected chi connectivity index (χ1v) is 13.3. The fraction of sp³-hybridized carbons (Fsp3) is 0.688. The second kappa shape index (κ2) is 8.76. The number of phosphoric ester groups is 2. The van der Waals surface area contributed by atoms with Crippen molar-refractivity contribution in [3.05, 3.63) is 12.7 Å². The maximum absolute atomic E-state index is 12.1. The van der Waals surface area contributed by atoms with E-state index in [0.717, 1.165) is 0 Å². The molecule has 0 aromatic carbocycles. The molecule has 194 valence electrons. The van der Waals surface area contributed by atoms with E-state index in [1.165, 1.54) is 21.8 Å². The van der Waals surface area contributed by atoms with Crippen molar-refractivity contribution in [3.63, 3.8) is 0 Å². The molecule has 6 N–H and O–H groups in total. The quantitative estimate of drug-likeness (QED) is 0.159. The third-order valence-corrected chi connectivity index (χ3v) is 8.91. The third-order valence-electron chi connectivity index (χ3n) is 6.38. The highest BCUT2D eigenvalue weighted by molar-refractivity contribution is 7.59. The zero-order chi connectivity index (χ0) is 25.3. The highest BCUT2D eigenvalue weighted by Crippen LogP contribution is 2.56. The first-order valence-electron chi connectivity index (χ1n) is 10.4. The zero-order valence-corrected chi connectivity index (χ0v) is 19.5. The molecule has 0 spiro atoms. The lowest BCUT2D eigenvalue weighted by Gasteiger charge is -2.32. The minimum Gasteiger partial charge on any atom is -0.756 e. The van der Waals surface area contributed by atoms with Crippen molar-refractivity contribution in [2.75, 3.05) is 18.9 Å². The second-order valence-electron chi connectivity index (χ2n) is 8.52. The molecule has 19 heteroatoms. The largest absolute Gasteiger partial charge is 0.756 e. The van der Waals surface area contributed by atoms with Gasteiger partial charge in [0.1, 0.15) is 36.8 Å². The first-order chi connectivity index (χ1) is 16.4. The highest BCUT2D eigenvalue weighted by atomic mass is 31.3. The number of hydrogen-bond acceptors (Lipinski definition) is 15. The topological polar surface area (TPSA) is 259 Å². The Morgan fingerprint density at radius 3 is 2.43 bits per heavy atom. The number of imidazole rings is 1. The lowest BCUT2D eigenvalue weighted by Crippen LogP contribution is -2.48. The Labute approximate surface area is 196 Å². The Hall–Kier alpha value is -1.59. The van der Waals surface area contributed by atoms with Crippen LogP contribution in [0, 0.1) is 5.92 Å². The van der Waals surface area contributed by atoms with Gasteiger partial charge in [0, 0.05) is 5.92 Å². The van der Waals surface area contributed by atoms with E-state index in [2.05, 4.69) is 23.3 Å². The van der Waals surface area contributed by atoms with E-state index in [0.29, 0.717) is 0 Å². The summed E-state index contributed by atoms with van der Waals surface area (Å²) in [4.78, 5) is 32.6. The first kappa shape index (κ1) is 25.1. The maximum atomic E-state index is 12.1. The molecular weight excluding hydrogens is 516 g/mol. The van der Waals surface area contributed by atoms with Crippen molar-refractivity contribution in [2.24, 2.45) is 5.92 Å². The minimum absolute atomic E-state index is 0.0189. The fourth-order valence-corrected chi connectivity index (χ4v) is 6.63. The van der Waals surface area contributed by atoms with Gasteiger partial charge in [0.05, 0.1) is 19.3 Å². The fourth-order valence-electron chi connectivity index (χ4n) is 4.57. The van der Waals surface area contributed by atoms with Crippen LogP contribution in [0.2, 0.25) is 0 Å². The number of hydrogen-bond donors (Lipinski definition) is 5. The van der Waals surface area contributed by atoms with E-state index >= 15 is 0 Å². The predicted molar refractivity (Wildman–Crippen MR) is 105 cm³/mol. The van der Waals surface area contributed by atoms with Crippen molar-refractivity contribution in [1.82, 2.24) is 14.5 Å². The average molecular weight is 538 g/mol. The van der Waals surface area contributed by atoms with Crippen LogP contribution in [0.5, 0.6) is 0 Å². The van der Waals surface area contributed by atoms with Crippen LogP contribution in [0.1, 0.15) is 18.7 Å². The van der Waals surface area contributed by atoms with E-state index in [1.807, 2.05) is 0 Å². The number of nitrogen functional groups attached to an aromatic ring is 1. The Morgan fingerprint density at radius 2 is 1.71 bits per heavy atom. The smallest absolute Gasteiger partial charge is 0.274 e. The molecule has 17 nitrogen and oxygen atoms in total. The summed E-state index contributed by atoms with van der Waals surface area (Å²) in [6.45, 7) is -1.61. The molecule has 2 aromatic heterocycles. The van der Waals surface area contributed by atoms with Crippen LogP contribution >= 0.6 is 15.6 Å². The summed E-state index contributed by atoms with van der Waals surface area (Å²) in [6, 6.07) is -0.861. The molecule has 2 fully saturated rings. The standard InChI is InChI=1S/C16H23N5O12P2/c17-14-9-15-19-5-20(14)7-1-6(10(22)11(7)23)2-30-34(26,27)33-35(28,29)31-3-8-12(24)13(25)16(32-8)21(15)4-18-9/h4-8,10-13,16-17,22-25H,1-3H2,(H2,26,27,28,29)/p-1/t6-,7-,8-,10-,11+,12-,13-,16-/m1/s1. The van der Waals surface area contributed by atoms with Gasteiger partial charge in [0.15, 0.2) is 11.7 Å². The summed E-state index contributed by atoms with van der Waals surface area (Å²) in [5.41, 5.74) is 6.56. The van der Waals surface area contributed by atoms with Gasteiger partial charge in [-0.1, -0.05) is 4.98 Å². The van der Waals surface area contributed by atoms with Crippen molar-refractivity contribution in [1.29, 1.82) is 0 Å². The molecule has 8 bridgehead atoms. The van der Waals surface area contributed by atoms with Gasteiger partial charge in [-0.15, -0.1) is 0 Å². The average Bonchev–Trinajstić information content (AvgIpc) is 3.41. The Balaban J connectivity index is 1.57. The van der Waals surface area contributed by atoms with Crippen molar-refractivity contribution >= 4 is 32.6 Å². The third kappa shape index (κ3) is 4.41. The molecule has 35 heavy (non-hydrogen) atoms. The number of nitrogens with zero attached hydrogens (tertiary/aromatic N) is 4. The summed E-state index contributed by atoms with van der Waals surface area (Å²) in [5, 5.41) is 41.8. The number of nitrogens with two attached hydrogens (primary N) is 1. The van der Waals surface area contributed by atoms with Gasteiger partial charge in [-0.3, -0.25) is 13.7 Å². The van der Waals surface area contributed by atoms with E-state index in [9.17, 15) is 39.3 Å². The van der Waals surface area contributed by atoms with E-state index < -0.39 is 77.6 Å². The van der Waals surface area contributed by atoms with Crippen LogP contribution in [0.25, 0.3) is 11.2 Å². The Bertz CT molecular complexity index is 1230. The molecule has 5 heterocycles. The number of anilines is 1. The van der Waals surface area contributed by atoms with Gasteiger partial charge in [0.2, 0.25) is 12.0 Å². The molecule has 10 atom stereocenters. The van der Waals surface area contributed by atoms with E-state index in [4.69, 9.17) is 10.5 Å². The van der Waals surface area contributed by atoms with Crippen LogP contribution in [0.3, 0.4) is 0 Å². The van der Waals surface area contributed by atoms with Gasteiger partial charge < -0.3 is 49.7 Å². The molecule has 1 saturated heterocycles. The summed E-state index contributed by atoms with van der Waals surface area (Å²) in [7, 11) is -11.0. The normalized spacial score (nSPS) is 44.6. The number of aromatic nitrogens is 4. The summed E-state index contributed by atoms with van der Waals surface area (Å²) >= 11 is 0. The molecule has 1 saturated carbocycles. The van der Waals surface area contributed by atoms with Gasteiger partial charge in [-0.2, -0.15) is 0 Å². The predicted octanol–water partition coefficient (Wildman–Crippen LogP) is -3.80. The molecule has 2 unspecified atom stereocenters. The minimum atomic E-state index is -5.51. The molecule has 0 radical (unpaired) electrons. The Kier molecular flexibility index (Phi) is 6.28. The van der Waals surface area contributed by atoms with Crippen molar-refractivity contribution in [3.8, 4) is 0 Å². The number of ether oxygens (including phenoxy) is 1. The van der Waals surface area contributed by atoms with Crippen molar-refractivity contribution in [2.45, 2.75) is 49.2 Å². The molecule has 1 aliphatic carbocycles. The monoisotopic (exact) mass is 538 g/mol. The molecular formula is C16H22N5O12P2-. The molecule has 2 aromatic rings. The van der Waals surface area contributed by atoms with Crippen LogP contribution in [-0.2, 0) is 27.2 Å². The number of fused-ring (bicyclic) bond motifs is 7. The van der Waals surface area contributed by atoms with Crippen LogP contribution < -0.4 is 20.1 Å². The van der Waals surface area contributed by atoms with Gasteiger partial charge in [-0.25, -0.2) is 13.9 Å². The lowest BCUT2D eigenvalue weighted by atomic mass is 10.1. The zero-order valence-electron chi connectivity index (χ0n) is 17.7. The van der Waals surface area contributed by atoms with E-state index in [1.54, 1.807) is 0 Å². The summed E-state index contributed by atoms with van der Waals surface area (Å²) in [6.07, 6.45) is -6.26. The molecule has 4 aliphatic rings. The highest BCUT2D eigenvalue weighted by Gasteiger charge is 2.48. The van der Waals surface area contributed by atoms with E-state index in [-0.39, 0.29) is 23.4 Å². The number of rotatable bonds is 0. The summed E-state index contributed by atoms with van der Waals surface area (Å²) in [5.74, 6) is -0.896. The van der Waals surface area contributed by atoms with Gasteiger partial charge in [-0.05, 0) is 6.42 Å². The lowest BCUT2D eigenvalue weighted by molar-refractivity contribution is -0.717. The SMILES string of the molecule is Nc1c2ncn3c2nc[n+]1[C@@H]1C[C@H](COP(=O)([O-])OP(=O)([O-])OC[C@H]2O[C@@H]3[C@H](O)[C@@H]2O)[C@@H](O)[C@H]1O. The summed E-state index contributed by atoms with van der Waals surface area (Å²) < 4.78 is 45.5. The number of aliphatic hydroxyl groups excluding tert-OH is 4. The Morgan fingerprint density at radius 1 is 1.03 bits per heavy atom. The van der Waals surface area contributed by atoms with Gasteiger partial charge in [0.25, 0.3) is 21.5 Å². The van der Waals surface area contributed by atoms with Crippen LogP contribution in [0.4, 0.5) is 5.82 Å². The van der Waals surface area contributed by atoms with Crippen LogP contribution in [0.15, 0.2) is 12.7 Å². The molecule has 0 amide bonds. The molecule has 3 aliphatic heterocycles. The van der Waals surface area contributed by atoms with Crippen molar-refractivity contribution < 1.29 is 62.0 Å². The number of aliphatic hydroxyl groups is 4. The maximum Gasteiger partial charge on any atom is 0.274 e. The molecule has 6 rings (SSSR count).